The van der Waals surface area contributed by atoms with Gasteiger partial charge >= 0.3 is 0 Å². The Labute approximate surface area is 105 Å². The van der Waals surface area contributed by atoms with E-state index in [4.69, 9.17) is 10.5 Å². The number of ether oxygens (including phenoxy) is 1. The largest absolute Gasteiger partial charge is 0.381 e. The summed E-state index contributed by atoms with van der Waals surface area (Å²) in [6.45, 7) is 3.72. The predicted octanol–water partition coefficient (Wildman–Crippen LogP) is 1.20. The summed E-state index contributed by atoms with van der Waals surface area (Å²) >= 11 is 0. The highest BCUT2D eigenvalue weighted by atomic mass is 32.2. The summed E-state index contributed by atoms with van der Waals surface area (Å²) < 4.78 is 28.1. The van der Waals surface area contributed by atoms with Gasteiger partial charge in [0.1, 0.15) is 9.84 Å². The van der Waals surface area contributed by atoms with E-state index in [1.165, 1.54) is 19.3 Å². The molecule has 0 aromatic heterocycles. The highest BCUT2D eigenvalue weighted by molar-refractivity contribution is 7.91. The second kappa shape index (κ2) is 7.34. The summed E-state index contributed by atoms with van der Waals surface area (Å²) in [5.41, 5.74) is 5.69. The Morgan fingerprint density at radius 2 is 2.00 bits per heavy atom. The first-order valence-electron chi connectivity index (χ1n) is 6.57. The van der Waals surface area contributed by atoms with Crippen LogP contribution in [0.1, 0.15) is 32.6 Å². The van der Waals surface area contributed by atoms with Crippen molar-refractivity contribution in [3.05, 3.63) is 0 Å². The molecule has 0 bridgehead atoms. The summed E-state index contributed by atoms with van der Waals surface area (Å²) in [5, 5.41) is 0. The molecule has 2 atom stereocenters. The predicted molar refractivity (Wildman–Crippen MR) is 69.6 cm³/mol. The molecule has 0 aliphatic heterocycles. The maximum atomic E-state index is 11.2. The van der Waals surface area contributed by atoms with E-state index in [2.05, 4.69) is 0 Å². The van der Waals surface area contributed by atoms with Crippen LogP contribution in [0.4, 0.5) is 0 Å². The van der Waals surface area contributed by atoms with Gasteiger partial charge in [0.2, 0.25) is 0 Å². The number of hydrogen-bond donors (Lipinski definition) is 1. The van der Waals surface area contributed by atoms with Crippen LogP contribution < -0.4 is 5.73 Å². The van der Waals surface area contributed by atoms with Crippen molar-refractivity contribution in [3.8, 4) is 0 Å². The second-order valence-corrected chi connectivity index (χ2v) is 7.32. The molecule has 0 radical (unpaired) electrons. The van der Waals surface area contributed by atoms with Gasteiger partial charge in [0, 0.05) is 19.0 Å². The van der Waals surface area contributed by atoms with Crippen molar-refractivity contribution in [2.45, 2.75) is 32.6 Å². The molecule has 4 nitrogen and oxygen atoms in total. The zero-order chi connectivity index (χ0) is 12.7. The molecular weight excluding hydrogens is 238 g/mol. The number of hydrogen-bond acceptors (Lipinski definition) is 4. The molecule has 0 saturated heterocycles. The Balaban J connectivity index is 2.08. The van der Waals surface area contributed by atoms with E-state index in [1.54, 1.807) is 6.92 Å². The maximum absolute atomic E-state index is 11.2. The van der Waals surface area contributed by atoms with Gasteiger partial charge in [-0.15, -0.1) is 0 Å². The van der Waals surface area contributed by atoms with Crippen LogP contribution in [-0.4, -0.2) is 39.7 Å². The molecule has 17 heavy (non-hydrogen) atoms. The molecule has 0 aromatic carbocycles. The first-order chi connectivity index (χ1) is 8.09. The lowest BCUT2D eigenvalue weighted by atomic mass is 9.97. The molecule has 0 aromatic rings. The Kier molecular flexibility index (Phi) is 6.44. The molecule has 2 unspecified atom stereocenters. The first kappa shape index (κ1) is 14.9. The van der Waals surface area contributed by atoms with Crippen LogP contribution in [0.25, 0.3) is 0 Å². The van der Waals surface area contributed by atoms with Gasteiger partial charge in [-0.25, -0.2) is 8.42 Å². The lowest BCUT2D eigenvalue weighted by Crippen LogP contribution is -2.22. The van der Waals surface area contributed by atoms with Gasteiger partial charge in [-0.2, -0.15) is 0 Å². The summed E-state index contributed by atoms with van der Waals surface area (Å²) in [7, 11) is -2.83. The lowest BCUT2D eigenvalue weighted by Gasteiger charge is -2.17. The molecule has 1 saturated carbocycles. The standard InChI is InChI=1S/C12H25NO3S/c1-2-17(14,15)8-4-7-16-10-12-6-3-5-11(12)9-13/h11-12H,2-10,13H2,1H3. The van der Waals surface area contributed by atoms with Gasteiger partial charge in [-0.3, -0.25) is 0 Å². The smallest absolute Gasteiger partial charge is 0.150 e. The average Bonchev–Trinajstić information content (AvgIpc) is 2.76. The molecular formula is C12H25NO3S. The quantitative estimate of drug-likeness (QED) is 0.668. The first-order valence-corrected chi connectivity index (χ1v) is 8.39. The lowest BCUT2D eigenvalue weighted by molar-refractivity contribution is 0.0877. The second-order valence-electron chi connectivity index (χ2n) is 4.85. The fourth-order valence-corrected chi connectivity index (χ4v) is 3.25. The van der Waals surface area contributed by atoms with Crippen molar-refractivity contribution in [1.29, 1.82) is 0 Å². The zero-order valence-corrected chi connectivity index (χ0v) is 11.5. The summed E-state index contributed by atoms with van der Waals surface area (Å²) in [4.78, 5) is 0. The monoisotopic (exact) mass is 263 g/mol. The summed E-state index contributed by atoms with van der Waals surface area (Å²) in [6, 6.07) is 0. The Bertz CT molecular complexity index is 303. The minimum Gasteiger partial charge on any atom is -0.381 e. The minimum atomic E-state index is -2.83. The average molecular weight is 263 g/mol. The molecule has 0 amide bonds. The normalized spacial score (nSPS) is 25.3. The Hall–Kier alpha value is -0.130. The molecule has 1 rings (SSSR count). The van der Waals surface area contributed by atoms with Crippen molar-refractivity contribution in [3.63, 3.8) is 0 Å². The molecule has 1 fully saturated rings. The van der Waals surface area contributed by atoms with E-state index in [9.17, 15) is 8.42 Å². The molecule has 1 aliphatic carbocycles. The van der Waals surface area contributed by atoms with Gasteiger partial charge in [-0.05, 0) is 37.6 Å². The van der Waals surface area contributed by atoms with E-state index in [0.29, 0.717) is 24.9 Å². The summed E-state index contributed by atoms with van der Waals surface area (Å²) in [5.74, 6) is 1.66. The number of rotatable bonds is 8. The van der Waals surface area contributed by atoms with E-state index >= 15 is 0 Å². The molecule has 2 N–H and O–H groups in total. The molecule has 0 heterocycles. The van der Waals surface area contributed by atoms with E-state index in [1.807, 2.05) is 0 Å². The molecule has 0 spiro atoms. The van der Waals surface area contributed by atoms with Crippen LogP contribution in [0, 0.1) is 11.8 Å². The third-order valence-electron chi connectivity index (χ3n) is 3.64. The van der Waals surface area contributed by atoms with Gasteiger partial charge in [0.15, 0.2) is 0 Å². The van der Waals surface area contributed by atoms with Crippen molar-refractivity contribution < 1.29 is 13.2 Å². The fraction of sp³-hybridized carbons (Fsp3) is 1.00. The van der Waals surface area contributed by atoms with Crippen LogP contribution in [0.3, 0.4) is 0 Å². The SMILES string of the molecule is CCS(=O)(=O)CCCOCC1CCCC1CN. The molecule has 1 aliphatic rings. The third kappa shape index (κ3) is 5.36. The van der Waals surface area contributed by atoms with E-state index in [-0.39, 0.29) is 11.5 Å². The van der Waals surface area contributed by atoms with Gasteiger partial charge in [0.05, 0.1) is 5.75 Å². The van der Waals surface area contributed by atoms with Gasteiger partial charge < -0.3 is 10.5 Å². The number of nitrogens with two attached hydrogens (primary N) is 1. The van der Waals surface area contributed by atoms with E-state index in [0.717, 1.165) is 13.2 Å². The maximum Gasteiger partial charge on any atom is 0.150 e. The fourth-order valence-electron chi connectivity index (χ4n) is 2.40. The van der Waals surface area contributed by atoms with Crippen LogP contribution in [0.15, 0.2) is 0 Å². The molecule has 5 heteroatoms. The van der Waals surface area contributed by atoms with Crippen molar-refractivity contribution in [1.82, 2.24) is 0 Å². The van der Waals surface area contributed by atoms with Crippen LogP contribution in [0.2, 0.25) is 0 Å². The Morgan fingerprint density at radius 1 is 1.29 bits per heavy atom. The highest BCUT2D eigenvalue weighted by Crippen LogP contribution is 2.30. The minimum absolute atomic E-state index is 0.227. The highest BCUT2D eigenvalue weighted by Gasteiger charge is 2.25. The van der Waals surface area contributed by atoms with Gasteiger partial charge in [0.25, 0.3) is 0 Å². The van der Waals surface area contributed by atoms with Crippen molar-refractivity contribution >= 4 is 9.84 Å². The van der Waals surface area contributed by atoms with E-state index < -0.39 is 9.84 Å². The van der Waals surface area contributed by atoms with Gasteiger partial charge in [-0.1, -0.05) is 13.3 Å². The Morgan fingerprint density at radius 3 is 2.65 bits per heavy atom. The number of sulfone groups is 1. The van der Waals surface area contributed by atoms with Crippen LogP contribution >= 0.6 is 0 Å². The zero-order valence-electron chi connectivity index (χ0n) is 10.7. The third-order valence-corrected chi connectivity index (χ3v) is 5.43. The topological polar surface area (TPSA) is 69.4 Å². The molecule has 102 valence electrons. The summed E-state index contributed by atoms with van der Waals surface area (Å²) in [6.07, 6.45) is 4.28. The van der Waals surface area contributed by atoms with Crippen LogP contribution in [-0.2, 0) is 14.6 Å². The van der Waals surface area contributed by atoms with Crippen molar-refractivity contribution in [2.24, 2.45) is 17.6 Å². The van der Waals surface area contributed by atoms with Crippen molar-refractivity contribution in [2.75, 3.05) is 31.3 Å². The van der Waals surface area contributed by atoms with Crippen LogP contribution in [0.5, 0.6) is 0 Å².